The normalized spacial score (nSPS) is 11.0. The molecule has 0 unspecified atom stereocenters. The molecule has 6 heteroatoms. The number of nitrogens with zero attached hydrogens (tertiary/aromatic N) is 3. The molecular weight excluding hydrogens is 312 g/mol. The number of pyridine rings is 2. The number of hydrazone groups is 1. The minimum Gasteiger partial charge on any atom is -0.267 e. The Kier molecular flexibility index (Phi) is 4.30. The van der Waals surface area contributed by atoms with Crippen molar-refractivity contribution in [3.8, 4) is 0 Å². The topological polar surface area (TPSA) is 67.2 Å². The molecule has 0 aliphatic carbocycles. The van der Waals surface area contributed by atoms with E-state index in [1.54, 1.807) is 24.5 Å². The predicted molar refractivity (Wildman–Crippen MR) is 90.8 cm³/mol. The number of aryl methyl sites for hydroxylation is 1. The summed E-state index contributed by atoms with van der Waals surface area (Å²) in [6.07, 6.45) is 4.57. The van der Waals surface area contributed by atoms with Gasteiger partial charge >= 0.3 is 0 Å². The first-order valence-corrected chi connectivity index (χ1v) is 7.31. The van der Waals surface area contributed by atoms with Gasteiger partial charge in [0.2, 0.25) is 0 Å². The van der Waals surface area contributed by atoms with Crippen LogP contribution in [0.2, 0.25) is 5.15 Å². The lowest BCUT2D eigenvalue weighted by atomic mass is 10.1. The van der Waals surface area contributed by atoms with E-state index in [0.29, 0.717) is 16.3 Å². The third-order valence-electron chi connectivity index (χ3n) is 3.27. The van der Waals surface area contributed by atoms with E-state index in [1.807, 2.05) is 31.2 Å². The van der Waals surface area contributed by atoms with Gasteiger partial charge in [-0.05, 0) is 36.8 Å². The number of amides is 1. The van der Waals surface area contributed by atoms with Gasteiger partial charge in [0.25, 0.3) is 5.91 Å². The van der Waals surface area contributed by atoms with Crippen LogP contribution in [-0.4, -0.2) is 22.1 Å². The number of hydrogen-bond acceptors (Lipinski definition) is 4. The van der Waals surface area contributed by atoms with Gasteiger partial charge in [-0.3, -0.25) is 9.78 Å². The van der Waals surface area contributed by atoms with Crippen LogP contribution in [-0.2, 0) is 0 Å². The lowest BCUT2D eigenvalue weighted by molar-refractivity contribution is 0.0955. The number of aromatic nitrogens is 2. The average molecular weight is 325 g/mol. The SMILES string of the molecule is Cc1ccc2cc(/C=N/NC(=O)c3ccncc3)c(Cl)nc2c1. The molecule has 23 heavy (non-hydrogen) atoms. The summed E-state index contributed by atoms with van der Waals surface area (Å²) < 4.78 is 0. The number of fused-ring (bicyclic) bond motifs is 1. The van der Waals surface area contributed by atoms with Crippen LogP contribution in [0.25, 0.3) is 10.9 Å². The number of rotatable bonds is 3. The maximum atomic E-state index is 11.9. The smallest absolute Gasteiger partial charge is 0.267 e. The van der Waals surface area contributed by atoms with Crippen LogP contribution >= 0.6 is 11.6 Å². The van der Waals surface area contributed by atoms with Crippen LogP contribution < -0.4 is 5.43 Å². The van der Waals surface area contributed by atoms with Crippen molar-refractivity contribution in [2.45, 2.75) is 6.92 Å². The van der Waals surface area contributed by atoms with Gasteiger partial charge in [0.1, 0.15) is 5.15 Å². The maximum Gasteiger partial charge on any atom is 0.271 e. The summed E-state index contributed by atoms with van der Waals surface area (Å²) in [5.74, 6) is -0.316. The number of benzene rings is 1. The fourth-order valence-electron chi connectivity index (χ4n) is 2.09. The third kappa shape index (κ3) is 3.52. The van der Waals surface area contributed by atoms with Crippen molar-refractivity contribution in [3.05, 3.63) is 70.6 Å². The predicted octanol–water partition coefficient (Wildman–Crippen LogP) is 3.36. The van der Waals surface area contributed by atoms with E-state index in [4.69, 9.17) is 11.6 Å². The second-order valence-electron chi connectivity index (χ2n) is 5.00. The summed E-state index contributed by atoms with van der Waals surface area (Å²) in [5.41, 5.74) is 5.51. The Bertz CT molecular complexity index is 894. The number of carbonyl (C=O) groups is 1. The minimum atomic E-state index is -0.316. The van der Waals surface area contributed by atoms with Crippen molar-refractivity contribution in [2.75, 3.05) is 0 Å². The summed E-state index contributed by atoms with van der Waals surface area (Å²) in [4.78, 5) is 20.1. The minimum absolute atomic E-state index is 0.316. The number of halogens is 1. The molecule has 3 rings (SSSR count). The van der Waals surface area contributed by atoms with Gasteiger partial charge < -0.3 is 0 Å². The second-order valence-corrected chi connectivity index (χ2v) is 5.36. The van der Waals surface area contributed by atoms with Crippen LogP contribution in [0.3, 0.4) is 0 Å². The Morgan fingerprint density at radius 3 is 2.78 bits per heavy atom. The molecule has 0 saturated heterocycles. The molecule has 1 amide bonds. The zero-order valence-electron chi connectivity index (χ0n) is 12.3. The molecule has 0 saturated carbocycles. The third-order valence-corrected chi connectivity index (χ3v) is 3.57. The second kappa shape index (κ2) is 6.54. The maximum absolute atomic E-state index is 11.9. The summed E-state index contributed by atoms with van der Waals surface area (Å²) in [6, 6.07) is 11.0. The highest BCUT2D eigenvalue weighted by molar-refractivity contribution is 6.32. The van der Waals surface area contributed by atoms with E-state index in [-0.39, 0.29) is 5.91 Å². The summed E-state index contributed by atoms with van der Waals surface area (Å²) >= 11 is 6.16. The number of hydrogen-bond donors (Lipinski definition) is 1. The Morgan fingerprint density at radius 1 is 1.22 bits per heavy atom. The van der Waals surface area contributed by atoms with Crippen molar-refractivity contribution in [1.29, 1.82) is 0 Å². The zero-order valence-corrected chi connectivity index (χ0v) is 13.1. The molecule has 0 fully saturated rings. The molecule has 0 atom stereocenters. The van der Waals surface area contributed by atoms with Crippen molar-refractivity contribution >= 4 is 34.6 Å². The molecule has 2 aromatic heterocycles. The first-order chi connectivity index (χ1) is 11.1. The monoisotopic (exact) mass is 324 g/mol. The molecule has 0 aliphatic heterocycles. The fourth-order valence-corrected chi connectivity index (χ4v) is 2.28. The molecular formula is C17H13ClN4O. The molecule has 2 heterocycles. The standard InChI is InChI=1S/C17H13ClN4O/c1-11-2-3-13-9-14(16(18)21-15(13)8-11)10-20-22-17(23)12-4-6-19-7-5-12/h2-10H,1H3,(H,22,23)/b20-10+. The Morgan fingerprint density at radius 2 is 2.00 bits per heavy atom. The Hall–Kier alpha value is -2.79. The van der Waals surface area contributed by atoms with Crippen molar-refractivity contribution in [2.24, 2.45) is 5.10 Å². The zero-order chi connectivity index (χ0) is 16.2. The van der Waals surface area contributed by atoms with Gasteiger partial charge in [-0.1, -0.05) is 23.7 Å². The lowest BCUT2D eigenvalue weighted by Gasteiger charge is -2.03. The molecule has 0 bridgehead atoms. The van der Waals surface area contributed by atoms with E-state index < -0.39 is 0 Å². The molecule has 3 aromatic rings. The molecule has 0 aliphatic rings. The Balaban J connectivity index is 1.79. The van der Waals surface area contributed by atoms with Gasteiger partial charge in [-0.25, -0.2) is 10.4 Å². The summed E-state index contributed by atoms with van der Waals surface area (Å²) in [6.45, 7) is 2.00. The summed E-state index contributed by atoms with van der Waals surface area (Å²) in [5, 5.41) is 5.23. The molecule has 1 N–H and O–H groups in total. The van der Waals surface area contributed by atoms with Crippen LogP contribution in [0.15, 0.2) is 53.9 Å². The van der Waals surface area contributed by atoms with Crippen LogP contribution in [0, 0.1) is 6.92 Å². The number of nitrogens with one attached hydrogen (secondary N) is 1. The molecule has 0 radical (unpaired) electrons. The lowest BCUT2D eigenvalue weighted by Crippen LogP contribution is -2.17. The van der Waals surface area contributed by atoms with Gasteiger partial charge in [0.15, 0.2) is 0 Å². The quantitative estimate of drug-likeness (QED) is 0.456. The molecule has 5 nitrogen and oxygen atoms in total. The van der Waals surface area contributed by atoms with E-state index in [0.717, 1.165) is 16.5 Å². The van der Waals surface area contributed by atoms with Crippen molar-refractivity contribution < 1.29 is 4.79 Å². The van der Waals surface area contributed by atoms with E-state index in [1.165, 1.54) is 6.21 Å². The van der Waals surface area contributed by atoms with Crippen LogP contribution in [0.5, 0.6) is 0 Å². The highest BCUT2D eigenvalue weighted by atomic mass is 35.5. The van der Waals surface area contributed by atoms with Gasteiger partial charge in [0, 0.05) is 28.9 Å². The average Bonchev–Trinajstić information content (AvgIpc) is 2.56. The highest BCUT2D eigenvalue weighted by Gasteiger charge is 2.05. The molecule has 1 aromatic carbocycles. The molecule has 0 spiro atoms. The first-order valence-electron chi connectivity index (χ1n) is 6.94. The molecule has 114 valence electrons. The van der Waals surface area contributed by atoms with Crippen molar-refractivity contribution in [1.82, 2.24) is 15.4 Å². The number of carbonyl (C=O) groups excluding carboxylic acids is 1. The van der Waals surface area contributed by atoms with Gasteiger partial charge in [0.05, 0.1) is 11.7 Å². The fraction of sp³-hybridized carbons (Fsp3) is 0.0588. The van der Waals surface area contributed by atoms with E-state index >= 15 is 0 Å². The largest absolute Gasteiger partial charge is 0.271 e. The highest BCUT2D eigenvalue weighted by Crippen LogP contribution is 2.20. The van der Waals surface area contributed by atoms with Crippen LogP contribution in [0.4, 0.5) is 0 Å². The van der Waals surface area contributed by atoms with Gasteiger partial charge in [-0.15, -0.1) is 0 Å². The van der Waals surface area contributed by atoms with E-state index in [9.17, 15) is 4.79 Å². The van der Waals surface area contributed by atoms with Crippen LogP contribution in [0.1, 0.15) is 21.5 Å². The van der Waals surface area contributed by atoms with E-state index in [2.05, 4.69) is 20.5 Å². The first kappa shape index (κ1) is 15.1. The van der Waals surface area contributed by atoms with Crippen molar-refractivity contribution in [3.63, 3.8) is 0 Å². The summed E-state index contributed by atoms with van der Waals surface area (Å²) in [7, 11) is 0. The Labute approximate surface area is 138 Å². The van der Waals surface area contributed by atoms with Gasteiger partial charge in [-0.2, -0.15) is 5.10 Å².